The lowest BCUT2D eigenvalue weighted by Gasteiger charge is -2.27. The van der Waals surface area contributed by atoms with Gasteiger partial charge in [0.2, 0.25) is 0 Å². The van der Waals surface area contributed by atoms with Gasteiger partial charge in [-0.15, -0.1) is 0 Å². The van der Waals surface area contributed by atoms with E-state index in [-0.39, 0.29) is 18.2 Å². The molecule has 2 amide bonds. The summed E-state index contributed by atoms with van der Waals surface area (Å²) in [5, 5.41) is 8.61. The summed E-state index contributed by atoms with van der Waals surface area (Å²) in [7, 11) is -1.30. The fourth-order valence-electron chi connectivity index (χ4n) is 4.73. The Labute approximate surface area is 238 Å². The van der Waals surface area contributed by atoms with Crippen molar-refractivity contribution in [1.82, 2.24) is 29.4 Å². The molecule has 1 aliphatic heterocycles. The van der Waals surface area contributed by atoms with Crippen LogP contribution in [-0.2, 0) is 11.5 Å². The first kappa shape index (κ1) is 28.1. The van der Waals surface area contributed by atoms with E-state index in [9.17, 15) is 9.59 Å². The van der Waals surface area contributed by atoms with E-state index in [4.69, 9.17) is 26.8 Å². The number of nitrogens with two attached hydrogens (primary N) is 1. The van der Waals surface area contributed by atoms with Crippen LogP contribution in [0.3, 0.4) is 0 Å². The van der Waals surface area contributed by atoms with Crippen LogP contribution < -0.4 is 15.8 Å². The molecule has 4 aromatic rings. The van der Waals surface area contributed by atoms with Crippen molar-refractivity contribution in [3.63, 3.8) is 0 Å². The average molecular weight is 584 g/mol. The molecule has 0 saturated carbocycles. The molecule has 0 radical (unpaired) electrons. The van der Waals surface area contributed by atoms with Crippen molar-refractivity contribution in [2.24, 2.45) is 5.73 Å². The van der Waals surface area contributed by atoms with Gasteiger partial charge in [-0.25, -0.2) is 14.5 Å². The number of pyridine rings is 1. The number of piperazine rings is 1. The summed E-state index contributed by atoms with van der Waals surface area (Å²) in [6.45, 7) is 11.6. The van der Waals surface area contributed by atoms with Crippen LogP contribution in [0.4, 0.5) is 4.79 Å². The van der Waals surface area contributed by atoms with Crippen LogP contribution in [0.5, 0.6) is 5.75 Å². The minimum atomic E-state index is -1.30. The van der Waals surface area contributed by atoms with Gasteiger partial charge in [0, 0.05) is 64.4 Å². The predicted molar refractivity (Wildman–Crippen MR) is 157 cm³/mol. The highest BCUT2D eigenvalue weighted by molar-refractivity contribution is 6.76. The first-order valence-electron chi connectivity index (χ1n) is 13.3. The summed E-state index contributed by atoms with van der Waals surface area (Å²) < 4.78 is 15.2. The van der Waals surface area contributed by atoms with Crippen LogP contribution in [0.1, 0.15) is 16.2 Å². The molecule has 0 unspecified atom stereocenters. The number of imidazole rings is 1. The monoisotopic (exact) mass is 583 g/mol. The van der Waals surface area contributed by atoms with E-state index in [0.717, 1.165) is 11.7 Å². The fraction of sp³-hybridized carbons (Fsp3) is 0.407. The van der Waals surface area contributed by atoms with E-state index < -0.39 is 20.1 Å². The molecule has 0 bridgehead atoms. The van der Waals surface area contributed by atoms with E-state index in [0.29, 0.717) is 65.5 Å². The lowest BCUT2D eigenvalue weighted by Crippen LogP contribution is -2.47. The third kappa shape index (κ3) is 5.85. The number of hydrogen-bond donors (Lipinski definition) is 2. The summed E-state index contributed by atoms with van der Waals surface area (Å²) in [6, 6.07) is 6.31. The minimum Gasteiger partial charge on any atom is -0.409 e. The van der Waals surface area contributed by atoms with Crippen molar-refractivity contribution in [3.05, 3.63) is 47.0 Å². The third-order valence-corrected chi connectivity index (χ3v) is 8.79. The molecule has 13 heteroatoms. The number of nitrogens with one attached hydrogen (secondary N) is 1. The van der Waals surface area contributed by atoms with Crippen LogP contribution in [0.15, 0.2) is 30.6 Å². The summed E-state index contributed by atoms with van der Waals surface area (Å²) >= 11 is 6.60. The van der Waals surface area contributed by atoms with E-state index in [2.05, 4.69) is 35.0 Å². The smallest absolute Gasteiger partial charge is 0.409 e. The summed E-state index contributed by atoms with van der Waals surface area (Å²) in [5.74, 6) is -0.512. The predicted octanol–water partition coefficient (Wildman–Crippen LogP) is 4.13. The van der Waals surface area contributed by atoms with Crippen molar-refractivity contribution < 1.29 is 19.1 Å². The molecular formula is C27H34ClN7O4Si. The number of carbonyl (C=O) groups excluding carboxylic acids is 2. The number of carbonyl (C=O) groups is 2. The Balaban J connectivity index is 1.63. The second-order valence-electron chi connectivity index (χ2n) is 11.2. The Morgan fingerprint density at radius 3 is 2.62 bits per heavy atom. The number of benzene rings is 1. The summed E-state index contributed by atoms with van der Waals surface area (Å²) in [6.07, 6.45) is 3.20. The maximum atomic E-state index is 13.3. The standard InChI is InChI=1S/C27H34ClN7O4Si/c1-17-14-34-15-18(13-20(28)26(34)31-17)19-5-6-21-22(24(19)39-27(37)33-9-7-30-8-10-33)23(25(29)36)35(32-21)16-38-11-12-40(2,3)4/h5-6,13-15,30H,7-12,16H2,1-4H3,(H2,29,36). The number of primary amides is 1. The van der Waals surface area contributed by atoms with E-state index in [1.165, 1.54) is 4.68 Å². The number of amides is 2. The zero-order chi connectivity index (χ0) is 28.6. The zero-order valence-corrected chi connectivity index (χ0v) is 24.9. The highest BCUT2D eigenvalue weighted by Crippen LogP contribution is 2.40. The quantitative estimate of drug-likeness (QED) is 0.236. The largest absolute Gasteiger partial charge is 0.415 e. The first-order chi connectivity index (χ1) is 19.0. The maximum Gasteiger partial charge on any atom is 0.415 e. The van der Waals surface area contributed by atoms with Crippen LogP contribution in [0, 0.1) is 6.92 Å². The Kier molecular flexibility index (Phi) is 7.86. The SMILES string of the molecule is Cc1cn2cc(-c3ccc4nn(COCC[Si](C)(C)C)c(C(N)=O)c4c3OC(=O)N3CCNCC3)cc(Cl)c2n1. The maximum absolute atomic E-state index is 13.3. The molecule has 1 aliphatic rings. The van der Waals surface area contributed by atoms with Crippen molar-refractivity contribution in [2.45, 2.75) is 39.3 Å². The molecule has 0 aliphatic carbocycles. The third-order valence-electron chi connectivity index (χ3n) is 6.80. The number of halogens is 1. The van der Waals surface area contributed by atoms with E-state index in [1.54, 1.807) is 23.1 Å². The first-order valence-corrected chi connectivity index (χ1v) is 17.3. The topological polar surface area (TPSA) is 129 Å². The molecule has 1 fully saturated rings. The summed E-state index contributed by atoms with van der Waals surface area (Å²) in [4.78, 5) is 32.3. The van der Waals surface area contributed by atoms with Gasteiger partial charge >= 0.3 is 6.09 Å². The Morgan fingerprint density at radius 2 is 1.93 bits per heavy atom. The van der Waals surface area contributed by atoms with Gasteiger partial charge in [-0.05, 0) is 31.2 Å². The number of hydrogen-bond acceptors (Lipinski definition) is 7. The van der Waals surface area contributed by atoms with Gasteiger partial charge in [0.25, 0.3) is 5.91 Å². The number of fused-ring (bicyclic) bond motifs is 2. The highest BCUT2D eigenvalue weighted by Gasteiger charge is 2.27. The molecular weight excluding hydrogens is 550 g/mol. The van der Waals surface area contributed by atoms with E-state index in [1.807, 2.05) is 23.7 Å². The van der Waals surface area contributed by atoms with Crippen LogP contribution in [0.2, 0.25) is 30.7 Å². The Bertz CT molecular complexity index is 1590. The van der Waals surface area contributed by atoms with Crippen molar-refractivity contribution >= 4 is 48.2 Å². The van der Waals surface area contributed by atoms with Gasteiger partial charge in [-0.3, -0.25) is 4.79 Å². The molecule has 40 heavy (non-hydrogen) atoms. The highest BCUT2D eigenvalue weighted by atomic mass is 35.5. The minimum absolute atomic E-state index is 0.0457. The van der Waals surface area contributed by atoms with Gasteiger partial charge in [-0.2, -0.15) is 5.10 Å². The lowest BCUT2D eigenvalue weighted by atomic mass is 10.0. The lowest BCUT2D eigenvalue weighted by molar-refractivity contribution is 0.0737. The molecule has 0 spiro atoms. The van der Waals surface area contributed by atoms with Crippen molar-refractivity contribution in [2.75, 3.05) is 32.8 Å². The number of ether oxygens (including phenoxy) is 2. The number of aromatic nitrogens is 4. The van der Waals surface area contributed by atoms with Gasteiger partial charge < -0.3 is 29.8 Å². The molecule has 3 aromatic heterocycles. The second kappa shape index (κ2) is 11.2. The number of aryl methyl sites for hydroxylation is 1. The average Bonchev–Trinajstić information content (AvgIpc) is 3.47. The van der Waals surface area contributed by atoms with Gasteiger partial charge in [0.1, 0.15) is 12.4 Å². The van der Waals surface area contributed by atoms with Crippen molar-refractivity contribution in [1.29, 1.82) is 0 Å². The fourth-order valence-corrected chi connectivity index (χ4v) is 5.74. The Hall–Kier alpha value is -3.45. The van der Waals surface area contributed by atoms with Crippen LogP contribution in [-0.4, -0.2) is 76.9 Å². The van der Waals surface area contributed by atoms with Crippen LogP contribution >= 0.6 is 11.6 Å². The number of rotatable bonds is 8. The molecule has 212 valence electrons. The number of nitrogens with zero attached hydrogens (tertiary/aromatic N) is 5. The second-order valence-corrected chi connectivity index (χ2v) is 17.2. The molecule has 11 nitrogen and oxygen atoms in total. The zero-order valence-electron chi connectivity index (χ0n) is 23.2. The normalized spacial score (nSPS) is 14.3. The van der Waals surface area contributed by atoms with Gasteiger partial charge in [-0.1, -0.05) is 31.2 Å². The molecule has 4 heterocycles. The molecule has 0 atom stereocenters. The van der Waals surface area contributed by atoms with Crippen LogP contribution in [0.25, 0.3) is 27.7 Å². The molecule has 5 rings (SSSR count). The molecule has 3 N–H and O–H groups in total. The molecule has 1 saturated heterocycles. The summed E-state index contributed by atoms with van der Waals surface area (Å²) in [5.41, 5.74) is 9.12. The molecule has 1 aromatic carbocycles. The van der Waals surface area contributed by atoms with Gasteiger partial charge in [0.05, 0.1) is 21.6 Å². The van der Waals surface area contributed by atoms with E-state index >= 15 is 0 Å². The van der Waals surface area contributed by atoms with Crippen molar-refractivity contribution in [3.8, 4) is 16.9 Å². The van der Waals surface area contributed by atoms with Gasteiger partial charge in [0.15, 0.2) is 11.4 Å². The Morgan fingerprint density at radius 1 is 1.18 bits per heavy atom.